The Kier molecular flexibility index (Phi) is 5.86. The van der Waals surface area contributed by atoms with Gasteiger partial charge in [-0.25, -0.2) is 4.98 Å². The van der Waals surface area contributed by atoms with Crippen LogP contribution in [0.4, 0.5) is 5.69 Å². The normalized spacial score (nSPS) is 10.9. The van der Waals surface area contributed by atoms with Crippen molar-refractivity contribution in [2.45, 2.75) is 6.92 Å². The maximum Gasteiger partial charge on any atom is 0.262 e. The number of ether oxygens (including phenoxy) is 1. The van der Waals surface area contributed by atoms with Gasteiger partial charge in [-0.05, 0) is 93.5 Å². The highest BCUT2D eigenvalue weighted by Crippen LogP contribution is 2.32. The van der Waals surface area contributed by atoms with Gasteiger partial charge in [0.25, 0.3) is 5.91 Å². The van der Waals surface area contributed by atoms with Crippen molar-refractivity contribution in [2.75, 3.05) is 11.9 Å². The van der Waals surface area contributed by atoms with Gasteiger partial charge in [-0.1, -0.05) is 18.2 Å². The maximum atomic E-state index is 12.3. The van der Waals surface area contributed by atoms with E-state index in [-0.39, 0.29) is 12.5 Å². The molecule has 1 aromatic heterocycles. The van der Waals surface area contributed by atoms with E-state index < -0.39 is 0 Å². The third kappa shape index (κ3) is 4.62. The molecular weight excluding hydrogens is 547 g/mol. The number of para-hydroxylation sites is 1. The van der Waals surface area contributed by atoms with Crippen LogP contribution in [0.15, 0.2) is 69.6 Å². The van der Waals surface area contributed by atoms with E-state index in [1.807, 2.05) is 49.4 Å². The lowest BCUT2D eigenvalue weighted by atomic mass is 10.2. The topological polar surface area (TPSA) is 64.4 Å². The van der Waals surface area contributed by atoms with Gasteiger partial charge in [0, 0.05) is 13.7 Å². The van der Waals surface area contributed by atoms with Crippen molar-refractivity contribution in [3.63, 3.8) is 0 Å². The largest absolute Gasteiger partial charge is 0.483 e. The molecule has 0 spiro atoms. The predicted molar refractivity (Wildman–Crippen MR) is 125 cm³/mol. The number of aryl methyl sites for hydroxylation is 1. The van der Waals surface area contributed by atoms with Crippen LogP contribution in [0.2, 0.25) is 0 Å². The van der Waals surface area contributed by atoms with Gasteiger partial charge in [0.15, 0.2) is 12.2 Å². The van der Waals surface area contributed by atoms with Gasteiger partial charge in [0.1, 0.15) is 11.3 Å². The molecule has 1 N–H and O–H groups in total. The number of nitrogens with zero attached hydrogens (tertiary/aromatic N) is 1. The van der Waals surface area contributed by atoms with Crippen LogP contribution in [0.3, 0.4) is 0 Å². The Morgan fingerprint density at radius 3 is 2.83 bits per heavy atom. The first kappa shape index (κ1) is 19.9. The Balaban J connectivity index is 1.49. The molecule has 0 fully saturated rings. The quantitative estimate of drug-likeness (QED) is 0.295. The number of benzene rings is 3. The third-order valence-electron chi connectivity index (χ3n) is 4.28. The van der Waals surface area contributed by atoms with Gasteiger partial charge < -0.3 is 14.5 Å². The summed E-state index contributed by atoms with van der Waals surface area (Å²) in [5, 5.41) is 2.84. The van der Waals surface area contributed by atoms with E-state index in [9.17, 15) is 4.79 Å². The molecule has 0 aliphatic heterocycles. The SMILES string of the molecule is Cc1ccccc1OCC(=O)Nc1ccc2oc(-c3cc(I)ccc3Br)nc2c1. The summed E-state index contributed by atoms with van der Waals surface area (Å²) in [4.78, 5) is 16.8. The molecule has 0 saturated heterocycles. The zero-order valence-corrected chi connectivity index (χ0v) is 19.2. The van der Waals surface area contributed by atoms with Crippen LogP contribution in [-0.4, -0.2) is 17.5 Å². The minimum atomic E-state index is -0.239. The molecule has 1 heterocycles. The van der Waals surface area contributed by atoms with Gasteiger partial charge in [0.05, 0.1) is 5.56 Å². The summed E-state index contributed by atoms with van der Waals surface area (Å²) < 4.78 is 13.5. The molecule has 146 valence electrons. The standard InChI is InChI=1S/C22H16BrIN2O3/c1-13-4-2-3-5-19(13)28-12-21(27)25-15-7-9-20-18(11-15)26-22(29-20)16-10-14(24)6-8-17(16)23/h2-11H,12H2,1H3,(H,25,27). The summed E-state index contributed by atoms with van der Waals surface area (Å²) in [7, 11) is 0. The van der Waals surface area contributed by atoms with Gasteiger partial charge in [0.2, 0.25) is 5.89 Å². The number of rotatable bonds is 5. The third-order valence-corrected chi connectivity index (χ3v) is 5.64. The van der Waals surface area contributed by atoms with E-state index in [0.29, 0.717) is 28.4 Å². The van der Waals surface area contributed by atoms with Crippen molar-refractivity contribution < 1.29 is 13.9 Å². The number of hydrogen-bond acceptors (Lipinski definition) is 4. The smallest absolute Gasteiger partial charge is 0.262 e. The molecule has 0 atom stereocenters. The second-order valence-electron chi connectivity index (χ2n) is 6.43. The molecule has 4 aromatic rings. The lowest BCUT2D eigenvalue weighted by Crippen LogP contribution is -2.20. The van der Waals surface area contributed by atoms with Crippen molar-refractivity contribution in [1.82, 2.24) is 4.98 Å². The number of hydrogen-bond donors (Lipinski definition) is 1. The molecule has 4 rings (SSSR count). The molecular formula is C22H16BrIN2O3. The van der Waals surface area contributed by atoms with Gasteiger partial charge in [-0.2, -0.15) is 0 Å². The first-order valence-corrected chi connectivity index (χ1v) is 10.7. The lowest BCUT2D eigenvalue weighted by molar-refractivity contribution is -0.118. The second kappa shape index (κ2) is 8.54. The second-order valence-corrected chi connectivity index (χ2v) is 8.53. The molecule has 0 aliphatic carbocycles. The molecule has 7 heteroatoms. The van der Waals surface area contributed by atoms with E-state index in [2.05, 4.69) is 48.8 Å². The average molecular weight is 563 g/mol. The fraction of sp³-hybridized carbons (Fsp3) is 0.0909. The van der Waals surface area contributed by atoms with Crippen molar-refractivity contribution in [3.05, 3.63) is 74.3 Å². The number of nitrogens with one attached hydrogen (secondary N) is 1. The molecule has 0 bridgehead atoms. The molecule has 3 aromatic carbocycles. The van der Waals surface area contributed by atoms with Crippen molar-refractivity contribution >= 4 is 61.2 Å². The number of carbonyl (C=O) groups is 1. The van der Waals surface area contributed by atoms with Gasteiger partial charge in [-0.3, -0.25) is 4.79 Å². The Hall–Kier alpha value is -2.39. The minimum Gasteiger partial charge on any atom is -0.483 e. The number of aromatic nitrogens is 1. The van der Waals surface area contributed by atoms with Crippen LogP contribution in [-0.2, 0) is 4.79 Å². The number of halogens is 2. The molecule has 29 heavy (non-hydrogen) atoms. The molecule has 1 amide bonds. The van der Waals surface area contributed by atoms with Crippen molar-refractivity contribution in [2.24, 2.45) is 0 Å². The highest BCUT2D eigenvalue weighted by atomic mass is 127. The minimum absolute atomic E-state index is 0.0671. The fourth-order valence-electron chi connectivity index (χ4n) is 2.84. The van der Waals surface area contributed by atoms with Gasteiger partial charge >= 0.3 is 0 Å². The van der Waals surface area contributed by atoms with E-state index in [0.717, 1.165) is 19.2 Å². The summed E-state index contributed by atoms with van der Waals surface area (Å²) in [6.07, 6.45) is 0. The Bertz CT molecular complexity index is 1210. The number of amides is 1. The highest BCUT2D eigenvalue weighted by molar-refractivity contribution is 14.1. The molecule has 5 nitrogen and oxygen atoms in total. The molecule has 0 saturated carbocycles. The first-order valence-electron chi connectivity index (χ1n) is 8.84. The predicted octanol–water partition coefficient (Wildman–Crippen LogP) is 6.19. The number of carbonyl (C=O) groups excluding carboxylic acids is 1. The average Bonchev–Trinajstić information content (AvgIpc) is 3.12. The van der Waals surface area contributed by atoms with Crippen LogP contribution in [0.5, 0.6) is 5.75 Å². The van der Waals surface area contributed by atoms with Crippen molar-refractivity contribution in [3.8, 4) is 17.2 Å². The summed E-state index contributed by atoms with van der Waals surface area (Å²) in [6.45, 7) is 1.87. The monoisotopic (exact) mass is 562 g/mol. The Labute approximate surface area is 189 Å². The van der Waals surface area contributed by atoms with Crippen LogP contribution in [0, 0.1) is 10.5 Å². The van der Waals surface area contributed by atoms with Crippen LogP contribution >= 0.6 is 38.5 Å². The highest BCUT2D eigenvalue weighted by Gasteiger charge is 2.13. The van der Waals surface area contributed by atoms with E-state index in [4.69, 9.17) is 9.15 Å². The Morgan fingerprint density at radius 2 is 2.00 bits per heavy atom. The van der Waals surface area contributed by atoms with Crippen LogP contribution in [0.25, 0.3) is 22.6 Å². The fourth-order valence-corrected chi connectivity index (χ4v) is 3.75. The summed E-state index contributed by atoms with van der Waals surface area (Å²) in [6, 6.07) is 18.9. The lowest BCUT2D eigenvalue weighted by Gasteiger charge is -2.09. The Morgan fingerprint density at radius 1 is 1.17 bits per heavy atom. The molecule has 0 unspecified atom stereocenters. The zero-order valence-electron chi connectivity index (χ0n) is 15.4. The summed E-state index contributed by atoms with van der Waals surface area (Å²) >= 11 is 5.79. The molecule has 0 radical (unpaired) electrons. The number of oxazole rings is 1. The summed E-state index contributed by atoms with van der Waals surface area (Å²) in [5.74, 6) is 0.982. The van der Waals surface area contributed by atoms with Crippen LogP contribution < -0.4 is 10.1 Å². The first-order chi connectivity index (χ1) is 14.0. The maximum absolute atomic E-state index is 12.3. The van der Waals surface area contributed by atoms with Gasteiger partial charge in [-0.15, -0.1) is 0 Å². The molecule has 0 aliphatic rings. The number of fused-ring (bicyclic) bond motifs is 1. The zero-order chi connectivity index (χ0) is 20.4. The van der Waals surface area contributed by atoms with Crippen LogP contribution in [0.1, 0.15) is 5.56 Å². The van der Waals surface area contributed by atoms with E-state index >= 15 is 0 Å². The van der Waals surface area contributed by atoms with E-state index in [1.165, 1.54) is 0 Å². The van der Waals surface area contributed by atoms with E-state index in [1.54, 1.807) is 18.2 Å². The number of anilines is 1. The summed E-state index contributed by atoms with van der Waals surface area (Å²) in [5.41, 5.74) is 3.82. The van der Waals surface area contributed by atoms with Crippen molar-refractivity contribution in [1.29, 1.82) is 0 Å².